The van der Waals surface area contributed by atoms with Crippen molar-refractivity contribution in [2.75, 3.05) is 5.43 Å². The van der Waals surface area contributed by atoms with Gasteiger partial charge in [-0.25, -0.2) is 4.79 Å². The van der Waals surface area contributed by atoms with E-state index in [1.54, 1.807) is 19.1 Å². The van der Waals surface area contributed by atoms with E-state index in [0.717, 1.165) is 4.68 Å². The van der Waals surface area contributed by atoms with Gasteiger partial charge in [-0.3, -0.25) is 15.0 Å². The molecule has 2 N–H and O–H groups in total. The summed E-state index contributed by atoms with van der Waals surface area (Å²) in [6, 6.07) is 4.78. The van der Waals surface area contributed by atoms with Crippen LogP contribution in [0.15, 0.2) is 27.8 Å². The van der Waals surface area contributed by atoms with Crippen molar-refractivity contribution in [1.82, 2.24) is 4.68 Å². The van der Waals surface area contributed by atoms with Crippen LogP contribution in [-0.4, -0.2) is 15.8 Å². The Morgan fingerprint density at radius 3 is 2.44 bits per heavy atom. The highest BCUT2D eigenvalue weighted by Gasteiger charge is 2.19. The van der Waals surface area contributed by atoms with E-state index in [-0.39, 0.29) is 11.3 Å². The van der Waals surface area contributed by atoms with Crippen molar-refractivity contribution in [2.24, 2.45) is 0 Å². The summed E-state index contributed by atoms with van der Waals surface area (Å²) in [5.74, 6) is -1.11. The summed E-state index contributed by atoms with van der Waals surface area (Å²) >= 11 is 0. The first-order valence-corrected chi connectivity index (χ1v) is 4.50. The Kier molecular flexibility index (Phi) is 2.12. The van der Waals surface area contributed by atoms with Crippen molar-refractivity contribution in [2.45, 2.75) is 6.92 Å². The number of nitrogens with zero attached hydrogens (tertiary/aromatic N) is 1. The zero-order valence-electron chi connectivity index (χ0n) is 8.35. The number of aromatic carboxylic acids is 1. The first kappa shape index (κ1) is 10.2. The molecule has 0 fully saturated rings. The largest absolute Gasteiger partial charge is 0.478 e. The summed E-state index contributed by atoms with van der Waals surface area (Å²) < 4.78 is 0.765. The maximum absolute atomic E-state index is 11.0. The zero-order valence-corrected chi connectivity index (χ0v) is 8.35. The summed E-state index contributed by atoms with van der Waals surface area (Å²) in [4.78, 5) is 32.5. The number of carbonyl (C=O) groups is 1. The van der Waals surface area contributed by atoms with Gasteiger partial charge >= 0.3 is 17.1 Å². The van der Waals surface area contributed by atoms with E-state index in [9.17, 15) is 14.4 Å². The first-order valence-electron chi connectivity index (χ1n) is 4.50. The molecule has 0 aliphatic carbocycles. The van der Waals surface area contributed by atoms with E-state index < -0.39 is 17.1 Å². The molecule has 6 nitrogen and oxygen atoms in total. The average molecular weight is 220 g/mol. The molecule has 0 unspecified atom stereocenters. The molecule has 1 aromatic heterocycles. The van der Waals surface area contributed by atoms with Crippen LogP contribution in [0.5, 0.6) is 0 Å². The average Bonchev–Trinajstić information content (AvgIpc) is 2.75. The second-order valence-corrected chi connectivity index (χ2v) is 3.36. The molecule has 6 heteroatoms. The van der Waals surface area contributed by atoms with E-state index >= 15 is 0 Å². The van der Waals surface area contributed by atoms with Gasteiger partial charge in [-0.05, 0) is 18.6 Å². The fourth-order valence-electron chi connectivity index (χ4n) is 1.40. The van der Waals surface area contributed by atoms with Crippen molar-refractivity contribution in [3.8, 4) is 0 Å². The molecular weight excluding hydrogens is 212 g/mol. The summed E-state index contributed by atoms with van der Waals surface area (Å²) in [6.45, 7) is 1.64. The Hall–Kier alpha value is -2.37. The van der Waals surface area contributed by atoms with Gasteiger partial charge in [-0.2, -0.15) is 4.68 Å². The van der Waals surface area contributed by atoms with Crippen molar-refractivity contribution in [3.05, 3.63) is 50.0 Å². The molecule has 2 rings (SSSR count). The van der Waals surface area contributed by atoms with Gasteiger partial charge in [0.1, 0.15) is 0 Å². The molecule has 0 saturated heterocycles. The van der Waals surface area contributed by atoms with Crippen LogP contribution in [0.1, 0.15) is 15.9 Å². The summed E-state index contributed by atoms with van der Waals surface area (Å²) in [5, 5.41) is 8.98. The van der Waals surface area contributed by atoms with Crippen LogP contribution in [0.2, 0.25) is 0 Å². The number of benzene rings is 1. The fraction of sp³-hybridized carbons (Fsp3) is 0.100. The molecule has 0 saturated carbocycles. The molecule has 0 radical (unpaired) electrons. The number of carboxylic acids is 1. The van der Waals surface area contributed by atoms with Gasteiger partial charge in [0.25, 0.3) is 0 Å². The van der Waals surface area contributed by atoms with E-state index in [4.69, 9.17) is 5.11 Å². The van der Waals surface area contributed by atoms with Gasteiger partial charge < -0.3 is 5.11 Å². The van der Waals surface area contributed by atoms with Gasteiger partial charge in [-0.15, -0.1) is 0 Å². The van der Waals surface area contributed by atoms with Crippen molar-refractivity contribution in [3.63, 3.8) is 0 Å². The molecule has 0 aliphatic heterocycles. The van der Waals surface area contributed by atoms with Crippen molar-refractivity contribution in [1.29, 1.82) is 0 Å². The predicted octanol–water partition coefficient (Wildman–Crippen LogP) is -0.0341. The Bertz CT molecular complexity index is 609. The summed E-state index contributed by atoms with van der Waals surface area (Å²) in [7, 11) is 0. The first-order chi connectivity index (χ1) is 7.52. The van der Waals surface area contributed by atoms with Crippen LogP contribution in [0.4, 0.5) is 5.69 Å². The lowest BCUT2D eigenvalue weighted by atomic mass is 10.1. The van der Waals surface area contributed by atoms with E-state index in [1.807, 2.05) is 0 Å². The number of rotatable bonds is 3. The number of hydrogen-bond donors (Lipinski definition) is 2. The molecular formula is C10H8N2O4. The smallest absolute Gasteiger partial charge is 0.340 e. The van der Waals surface area contributed by atoms with Gasteiger partial charge in [0, 0.05) is 0 Å². The lowest BCUT2D eigenvalue weighted by Gasteiger charge is -2.08. The zero-order chi connectivity index (χ0) is 11.9. The standard InChI is InChI=1S/C10H8N2O4/c1-5-3-2-4-6(7(5)10(15)16)11-12-8(13)9(12)14/h2-4,11H,1H3,(H,15,16). The Morgan fingerprint density at radius 2 is 1.94 bits per heavy atom. The summed E-state index contributed by atoms with van der Waals surface area (Å²) in [5.41, 5.74) is 1.96. The Balaban J connectivity index is 2.45. The third-order valence-corrected chi connectivity index (χ3v) is 2.26. The molecule has 0 spiro atoms. The van der Waals surface area contributed by atoms with Crippen molar-refractivity contribution < 1.29 is 9.90 Å². The number of carboxylic acid groups (broad SMARTS) is 1. The number of hydrogen-bond acceptors (Lipinski definition) is 4. The molecule has 0 atom stereocenters. The van der Waals surface area contributed by atoms with Crippen LogP contribution in [0.3, 0.4) is 0 Å². The molecule has 16 heavy (non-hydrogen) atoms. The van der Waals surface area contributed by atoms with E-state index in [1.165, 1.54) is 6.07 Å². The molecule has 0 aliphatic rings. The summed E-state index contributed by atoms with van der Waals surface area (Å²) in [6.07, 6.45) is 0. The Morgan fingerprint density at radius 1 is 1.31 bits per heavy atom. The van der Waals surface area contributed by atoms with Crippen LogP contribution in [0.25, 0.3) is 0 Å². The fourth-order valence-corrected chi connectivity index (χ4v) is 1.40. The van der Waals surface area contributed by atoms with Gasteiger partial charge in [0.15, 0.2) is 0 Å². The third kappa shape index (κ3) is 1.50. The van der Waals surface area contributed by atoms with Gasteiger partial charge in [0.05, 0.1) is 11.3 Å². The lowest BCUT2D eigenvalue weighted by Crippen LogP contribution is -2.12. The molecule has 1 aromatic carbocycles. The van der Waals surface area contributed by atoms with Crippen LogP contribution >= 0.6 is 0 Å². The highest BCUT2D eigenvalue weighted by molar-refractivity contribution is 5.95. The Labute approximate surface area is 89.4 Å². The topological polar surface area (TPSA) is 88.4 Å². The minimum Gasteiger partial charge on any atom is -0.478 e. The minimum atomic E-state index is -1.11. The second-order valence-electron chi connectivity index (χ2n) is 3.36. The third-order valence-electron chi connectivity index (χ3n) is 2.26. The lowest BCUT2D eigenvalue weighted by molar-refractivity contribution is 0.0697. The maximum atomic E-state index is 11.0. The van der Waals surface area contributed by atoms with Crippen LogP contribution < -0.4 is 16.5 Å². The quantitative estimate of drug-likeness (QED) is 0.709. The van der Waals surface area contributed by atoms with Gasteiger partial charge in [0.2, 0.25) is 0 Å². The highest BCUT2D eigenvalue weighted by atomic mass is 16.4. The predicted molar refractivity (Wildman–Crippen MR) is 56.5 cm³/mol. The van der Waals surface area contributed by atoms with E-state index in [2.05, 4.69) is 5.43 Å². The number of anilines is 1. The molecule has 2 aromatic rings. The van der Waals surface area contributed by atoms with Crippen molar-refractivity contribution >= 4 is 11.7 Å². The highest BCUT2D eigenvalue weighted by Crippen LogP contribution is 2.19. The monoisotopic (exact) mass is 220 g/mol. The molecule has 0 bridgehead atoms. The maximum Gasteiger partial charge on any atom is 0.340 e. The molecule has 82 valence electrons. The molecule has 1 heterocycles. The normalized spacial score (nSPS) is 10.6. The number of aromatic nitrogens is 1. The van der Waals surface area contributed by atoms with E-state index in [0.29, 0.717) is 5.56 Å². The van der Waals surface area contributed by atoms with Crippen LogP contribution in [-0.2, 0) is 0 Å². The number of aryl methyl sites for hydroxylation is 1. The SMILES string of the molecule is Cc1cccc(Nn2c(=O)c2=O)c1C(=O)O. The second kappa shape index (κ2) is 3.34. The van der Waals surface area contributed by atoms with Crippen LogP contribution in [0, 0.1) is 6.92 Å². The van der Waals surface area contributed by atoms with Gasteiger partial charge in [-0.1, -0.05) is 12.1 Å². The number of nitrogens with one attached hydrogen (secondary N) is 1. The molecule has 0 amide bonds. The minimum absolute atomic E-state index is 0.0509.